The molecule has 21 heavy (non-hydrogen) atoms. The lowest BCUT2D eigenvalue weighted by Gasteiger charge is -2.14. The van der Waals surface area contributed by atoms with Crippen molar-refractivity contribution in [3.63, 3.8) is 0 Å². The van der Waals surface area contributed by atoms with E-state index in [4.69, 9.17) is 9.47 Å². The Hall–Kier alpha value is -1.73. The molecule has 1 atom stereocenters. The van der Waals surface area contributed by atoms with Crippen molar-refractivity contribution in [3.05, 3.63) is 29.8 Å². The summed E-state index contributed by atoms with van der Waals surface area (Å²) >= 11 is 0. The molecule has 6 nitrogen and oxygen atoms in total. The third kappa shape index (κ3) is 4.64. The van der Waals surface area contributed by atoms with Crippen LogP contribution in [0.3, 0.4) is 0 Å². The van der Waals surface area contributed by atoms with Crippen LogP contribution < -0.4 is 0 Å². The van der Waals surface area contributed by atoms with Gasteiger partial charge in [0.25, 0.3) is 0 Å². The standard InChI is InChI=1S/C14H18O6S/c1-4-19-13(14(16)20-5-2)12(15)10-6-8-11(9-7-10)21(3,17)18/h6-9,13H,4-5H2,1-3H3. The topological polar surface area (TPSA) is 86.7 Å². The molecule has 0 aliphatic carbocycles. The highest BCUT2D eigenvalue weighted by Gasteiger charge is 2.29. The molecular formula is C14H18O6S. The lowest BCUT2D eigenvalue weighted by atomic mass is 10.1. The van der Waals surface area contributed by atoms with E-state index in [1.165, 1.54) is 24.3 Å². The molecule has 1 aromatic carbocycles. The number of ketones is 1. The zero-order chi connectivity index (χ0) is 16.0. The van der Waals surface area contributed by atoms with Crippen molar-refractivity contribution in [1.29, 1.82) is 0 Å². The number of Topliss-reactive ketones (excluding diaryl/α,β-unsaturated/α-hetero) is 1. The van der Waals surface area contributed by atoms with E-state index in [0.29, 0.717) is 0 Å². The van der Waals surface area contributed by atoms with Gasteiger partial charge in [-0.15, -0.1) is 0 Å². The van der Waals surface area contributed by atoms with Crippen LogP contribution in [0, 0.1) is 0 Å². The van der Waals surface area contributed by atoms with Gasteiger partial charge in [-0.25, -0.2) is 13.2 Å². The third-order valence-electron chi connectivity index (χ3n) is 2.64. The van der Waals surface area contributed by atoms with Gasteiger partial charge in [-0.2, -0.15) is 0 Å². The van der Waals surface area contributed by atoms with Crippen LogP contribution >= 0.6 is 0 Å². The van der Waals surface area contributed by atoms with Crippen molar-refractivity contribution in [1.82, 2.24) is 0 Å². The number of carbonyl (C=O) groups excluding carboxylic acids is 2. The molecule has 1 aromatic rings. The van der Waals surface area contributed by atoms with Crippen LogP contribution in [0.4, 0.5) is 0 Å². The molecule has 116 valence electrons. The number of benzene rings is 1. The van der Waals surface area contributed by atoms with Crippen LogP contribution in [0.5, 0.6) is 0 Å². The summed E-state index contributed by atoms with van der Waals surface area (Å²) < 4.78 is 32.6. The average molecular weight is 314 g/mol. The summed E-state index contributed by atoms with van der Waals surface area (Å²) in [4.78, 5) is 24.0. The number of rotatable bonds is 7. The first-order valence-electron chi connectivity index (χ1n) is 6.43. The third-order valence-corrected chi connectivity index (χ3v) is 3.77. The molecule has 7 heteroatoms. The fourth-order valence-corrected chi connectivity index (χ4v) is 2.28. The molecule has 0 saturated carbocycles. The Morgan fingerprint density at radius 2 is 1.67 bits per heavy atom. The minimum Gasteiger partial charge on any atom is -0.464 e. The SMILES string of the molecule is CCOC(=O)C(OCC)C(=O)c1ccc(S(C)(=O)=O)cc1. The van der Waals surface area contributed by atoms with Gasteiger partial charge in [-0.1, -0.05) is 0 Å². The summed E-state index contributed by atoms with van der Waals surface area (Å²) in [6.45, 7) is 3.61. The van der Waals surface area contributed by atoms with Gasteiger partial charge in [0.2, 0.25) is 11.9 Å². The van der Waals surface area contributed by atoms with E-state index in [9.17, 15) is 18.0 Å². The number of hydrogen-bond acceptors (Lipinski definition) is 6. The highest BCUT2D eigenvalue weighted by atomic mass is 32.2. The molecule has 0 bridgehead atoms. The quantitative estimate of drug-likeness (QED) is 0.427. The molecule has 0 heterocycles. The van der Waals surface area contributed by atoms with E-state index in [2.05, 4.69) is 0 Å². The summed E-state index contributed by atoms with van der Waals surface area (Å²) in [7, 11) is -3.33. The molecular weight excluding hydrogens is 296 g/mol. The van der Waals surface area contributed by atoms with E-state index >= 15 is 0 Å². The minimum atomic E-state index is -3.33. The van der Waals surface area contributed by atoms with Crippen LogP contribution in [0.25, 0.3) is 0 Å². The van der Waals surface area contributed by atoms with Gasteiger partial charge < -0.3 is 9.47 Å². The van der Waals surface area contributed by atoms with Crippen LogP contribution in [-0.4, -0.2) is 45.7 Å². The molecule has 0 aliphatic heterocycles. The number of ether oxygens (including phenoxy) is 2. The fourth-order valence-electron chi connectivity index (χ4n) is 1.65. The van der Waals surface area contributed by atoms with E-state index < -0.39 is 27.7 Å². The predicted octanol–water partition coefficient (Wildman–Crippen LogP) is 1.24. The Balaban J connectivity index is 3.01. The van der Waals surface area contributed by atoms with Gasteiger partial charge in [-0.3, -0.25) is 4.79 Å². The van der Waals surface area contributed by atoms with Crippen LogP contribution in [0.1, 0.15) is 24.2 Å². The van der Waals surface area contributed by atoms with Crippen molar-refractivity contribution in [2.45, 2.75) is 24.8 Å². The Labute approximate surface area is 124 Å². The second-order valence-electron chi connectivity index (χ2n) is 4.25. The van der Waals surface area contributed by atoms with Crippen molar-refractivity contribution in [2.24, 2.45) is 0 Å². The summed E-state index contributed by atoms with van der Waals surface area (Å²) in [5, 5.41) is 0. The van der Waals surface area contributed by atoms with Crippen LogP contribution in [-0.2, 0) is 24.1 Å². The zero-order valence-electron chi connectivity index (χ0n) is 12.2. The monoisotopic (exact) mass is 314 g/mol. The second-order valence-corrected chi connectivity index (χ2v) is 6.26. The molecule has 0 amide bonds. The van der Waals surface area contributed by atoms with Gasteiger partial charge in [0, 0.05) is 18.4 Å². The molecule has 0 fully saturated rings. The summed E-state index contributed by atoms with van der Waals surface area (Å²) in [6, 6.07) is 5.33. The largest absolute Gasteiger partial charge is 0.464 e. The van der Waals surface area contributed by atoms with E-state index in [-0.39, 0.29) is 23.7 Å². The molecule has 1 rings (SSSR count). The Bertz CT molecular complexity index is 603. The number of hydrogen-bond donors (Lipinski definition) is 0. The first-order chi connectivity index (χ1) is 9.81. The zero-order valence-corrected chi connectivity index (χ0v) is 13.0. The van der Waals surface area contributed by atoms with Crippen LogP contribution in [0.2, 0.25) is 0 Å². The van der Waals surface area contributed by atoms with E-state index in [1.807, 2.05) is 0 Å². The first kappa shape index (κ1) is 17.3. The highest BCUT2D eigenvalue weighted by Crippen LogP contribution is 2.13. The smallest absolute Gasteiger partial charge is 0.343 e. The Morgan fingerprint density at radius 1 is 1.10 bits per heavy atom. The molecule has 0 aromatic heterocycles. The Kier molecular flexibility index (Phi) is 6.04. The van der Waals surface area contributed by atoms with Crippen molar-refractivity contribution >= 4 is 21.6 Å². The predicted molar refractivity (Wildman–Crippen MR) is 75.9 cm³/mol. The van der Waals surface area contributed by atoms with Gasteiger partial charge in [-0.05, 0) is 38.1 Å². The number of sulfone groups is 1. The normalized spacial score (nSPS) is 12.7. The van der Waals surface area contributed by atoms with Crippen molar-refractivity contribution < 1.29 is 27.5 Å². The van der Waals surface area contributed by atoms with Gasteiger partial charge in [0.15, 0.2) is 9.84 Å². The minimum absolute atomic E-state index is 0.100. The lowest BCUT2D eigenvalue weighted by molar-refractivity contribution is -0.153. The summed E-state index contributed by atoms with van der Waals surface area (Å²) in [5.74, 6) is -1.31. The fraction of sp³-hybridized carbons (Fsp3) is 0.429. The summed E-state index contributed by atoms with van der Waals surface area (Å²) in [5.41, 5.74) is 0.189. The molecule has 1 unspecified atom stereocenters. The van der Waals surface area contributed by atoms with Crippen molar-refractivity contribution in [3.8, 4) is 0 Å². The average Bonchev–Trinajstić information content (AvgIpc) is 2.43. The van der Waals surface area contributed by atoms with Crippen LogP contribution in [0.15, 0.2) is 29.2 Å². The number of esters is 1. The first-order valence-corrected chi connectivity index (χ1v) is 8.33. The molecule has 0 spiro atoms. The highest BCUT2D eigenvalue weighted by molar-refractivity contribution is 7.90. The molecule has 0 saturated heterocycles. The maximum Gasteiger partial charge on any atom is 0.343 e. The number of carbonyl (C=O) groups is 2. The van der Waals surface area contributed by atoms with E-state index in [1.54, 1.807) is 13.8 Å². The maximum absolute atomic E-state index is 12.2. The van der Waals surface area contributed by atoms with E-state index in [0.717, 1.165) is 6.26 Å². The molecule has 0 aliphatic rings. The lowest BCUT2D eigenvalue weighted by Crippen LogP contribution is -2.34. The second kappa shape index (κ2) is 7.33. The van der Waals surface area contributed by atoms with Gasteiger partial charge in [0.05, 0.1) is 11.5 Å². The van der Waals surface area contributed by atoms with Gasteiger partial charge >= 0.3 is 5.97 Å². The molecule has 0 N–H and O–H groups in total. The van der Waals surface area contributed by atoms with Gasteiger partial charge in [0.1, 0.15) is 0 Å². The maximum atomic E-state index is 12.2. The Morgan fingerprint density at radius 3 is 2.10 bits per heavy atom. The summed E-state index contributed by atoms with van der Waals surface area (Å²) in [6.07, 6.45) is -0.259. The van der Waals surface area contributed by atoms with Crippen molar-refractivity contribution in [2.75, 3.05) is 19.5 Å². The molecule has 0 radical (unpaired) electrons.